The fourth-order valence-corrected chi connectivity index (χ4v) is 8.58. The van der Waals surface area contributed by atoms with Crippen LogP contribution in [0.5, 0.6) is 0 Å². The number of fused-ring (bicyclic) bond motifs is 3. The highest BCUT2D eigenvalue weighted by atomic mass is 19.1. The molecule has 63 heavy (non-hydrogen) atoms. The molecule has 2 saturated heterocycles. The number of carboxylic acid groups (broad SMARTS) is 1. The van der Waals surface area contributed by atoms with Crippen LogP contribution in [0.4, 0.5) is 22.8 Å². The van der Waals surface area contributed by atoms with Crippen molar-refractivity contribution in [2.75, 3.05) is 20.2 Å². The van der Waals surface area contributed by atoms with E-state index in [0.717, 1.165) is 0 Å². The third-order valence-electron chi connectivity index (χ3n) is 11.8. The maximum Gasteiger partial charge on any atom is 0.407 e. The van der Waals surface area contributed by atoms with E-state index in [9.17, 15) is 37.9 Å². The van der Waals surface area contributed by atoms with Crippen molar-refractivity contribution in [3.8, 4) is 22.5 Å². The minimum Gasteiger partial charge on any atom is -0.465 e. The second kappa shape index (κ2) is 16.7. The van der Waals surface area contributed by atoms with Crippen molar-refractivity contribution < 1.29 is 46.6 Å². The van der Waals surface area contributed by atoms with Crippen LogP contribution in [-0.2, 0) is 14.3 Å². The Hall–Kier alpha value is -6.92. The standard InChI is InChI=1S/C44H45F3N8O8/c1-19(2)35(52-43(59)60)41(57)54-17-24(45)13-31(54)40-49-16-30(51-40)22-7-9-33-27(11-22)37(56)28-12-23-10-21(6-8-26(23)34(47)38(28)63-33)29-15-48-39(50-29)32-14-25(46)18-55(32)42(58)36(20(3)4)53-44(61)62-5/h6-12,15-16,19-20,24-25,31-32,35-36,52H,13-14,17-18H2,1-5H3,(H,48,50)(H,49,51)(H,53,61)(H,59,60)/t24-,25-,31+,32+,35?,36?/m1/s1. The molecular formula is C44H45F3N8O8. The summed E-state index contributed by atoms with van der Waals surface area (Å²) in [6.07, 6.45) is -1.90. The first kappa shape index (κ1) is 42.8. The lowest BCUT2D eigenvalue weighted by atomic mass is 10.0. The lowest BCUT2D eigenvalue weighted by molar-refractivity contribution is -0.136. The topological polar surface area (TPSA) is 216 Å². The molecule has 0 radical (unpaired) electrons. The van der Waals surface area contributed by atoms with Gasteiger partial charge in [-0.25, -0.2) is 32.7 Å². The van der Waals surface area contributed by atoms with Crippen molar-refractivity contribution in [3.63, 3.8) is 0 Å². The number of hydrogen-bond acceptors (Lipinski definition) is 9. The van der Waals surface area contributed by atoms with Gasteiger partial charge in [-0.3, -0.25) is 14.4 Å². The van der Waals surface area contributed by atoms with Gasteiger partial charge in [-0.2, -0.15) is 0 Å². The molecule has 330 valence electrons. The highest BCUT2D eigenvalue weighted by molar-refractivity contribution is 6.01. The summed E-state index contributed by atoms with van der Waals surface area (Å²) in [6.45, 7) is 6.46. The number of likely N-dealkylation sites (tertiary alicyclic amines) is 2. The predicted octanol–water partition coefficient (Wildman–Crippen LogP) is 6.91. The number of nitrogens with zero attached hydrogens (tertiary/aromatic N) is 4. The van der Waals surface area contributed by atoms with E-state index in [1.807, 2.05) is 0 Å². The van der Waals surface area contributed by atoms with Crippen LogP contribution in [0, 0.1) is 17.7 Å². The fourth-order valence-electron chi connectivity index (χ4n) is 8.58. The zero-order chi connectivity index (χ0) is 45.0. The first-order chi connectivity index (χ1) is 30.0. The summed E-state index contributed by atoms with van der Waals surface area (Å²) in [5, 5.41) is 14.8. The Morgan fingerprint density at radius 3 is 1.87 bits per heavy atom. The number of benzene rings is 3. The van der Waals surface area contributed by atoms with Crippen molar-refractivity contribution in [2.24, 2.45) is 11.8 Å². The molecule has 2 aliphatic rings. The highest BCUT2D eigenvalue weighted by Crippen LogP contribution is 2.37. The summed E-state index contributed by atoms with van der Waals surface area (Å²) in [4.78, 5) is 82.5. The number of aromatic amines is 2. The Labute approximate surface area is 357 Å². The van der Waals surface area contributed by atoms with Gasteiger partial charge in [0.1, 0.15) is 41.7 Å². The molecule has 2 unspecified atom stereocenters. The smallest absolute Gasteiger partial charge is 0.407 e. The number of nitrogens with one attached hydrogen (secondary N) is 4. The number of alkyl halides is 2. The highest BCUT2D eigenvalue weighted by Gasteiger charge is 2.43. The Morgan fingerprint density at radius 1 is 0.794 bits per heavy atom. The molecule has 0 bridgehead atoms. The van der Waals surface area contributed by atoms with E-state index in [4.69, 9.17) is 4.42 Å². The molecule has 5 N–H and O–H groups in total. The number of hydrogen-bond donors (Lipinski definition) is 5. The Balaban J connectivity index is 1.08. The van der Waals surface area contributed by atoms with Gasteiger partial charge in [0.15, 0.2) is 11.4 Å². The number of rotatable bonds is 10. The normalized spacial score (nSPS) is 20.0. The van der Waals surface area contributed by atoms with Gasteiger partial charge in [-0.05, 0) is 47.6 Å². The van der Waals surface area contributed by atoms with Crippen molar-refractivity contribution in [2.45, 2.75) is 77.0 Å². The van der Waals surface area contributed by atoms with Crippen LogP contribution < -0.4 is 16.1 Å². The lowest BCUT2D eigenvalue weighted by Crippen LogP contribution is -2.51. The van der Waals surface area contributed by atoms with Gasteiger partial charge in [0, 0.05) is 29.4 Å². The van der Waals surface area contributed by atoms with E-state index in [-0.39, 0.29) is 65.0 Å². The molecule has 2 aliphatic heterocycles. The molecular weight excluding hydrogens is 826 g/mol. The monoisotopic (exact) mass is 870 g/mol. The van der Waals surface area contributed by atoms with Crippen LogP contribution in [0.1, 0.15) is 64.3 Å². The third-order valence-corrected chi connectivity index (χ3v) is 11.8. The van der Waals surface area contributed by atoms with Gasteiger partial charge in [0.25, 0.3) is 0 Å². The van der Waals surface area contributed by atoms with E-state index in [0.29, 0.717) is 33.7 Å². The van der Waals surface area contributed by atoms with Crippen molar-refractivity contribution in [3.05, 3.63) is 82.5 Å². The SMILES string of the molecule is COC(=O)NC(C(=O)N1C[C@H](F)C[C@H]1c1ncc(-c2ccc3c(F)c4oc5ccc(-c6cnc([C@@H]7C[C@@H](F)CN7C(=O)C(NC(=O)O)C(C)C)[nH]6)cc5c(=O)c4cc3c2)[nH]1)C(C)C. The van der Waals surface area contributed by atoms with Gasteiger partial charge in [-0.15, -0.1) is 0 Å². The van der Waals surface area contributed by atoms with Crippen LogP contribution in [0.3, 0.4) is 0 Å². The molecule has 3 aromatic carbocycles. The van der Waals surface area contributed by atoms with Crippen LogP contribution in [0.15, 0.2) is 64.1 Å². The molecule has 3 aromatic heterocycles. The molecule has 4 amide bonds. The number of carbonyl (C=O) groups is 4. The number of amides is 4. The number of methoxy groups -OCH3 is 1. The summed E-state index contributed by atoms with van der Waals surface area (Å²) in [5.74, 6) is -1.90. The van der Waals surface area contributed by atoms with E-state index < -0.39 is 77.7 Å². The van der Waals surface area contributed by atoms with Gasteiger partial charge in [0.05, 0.1) is 66.8 Å². The zero-order valence-electron chi connectivity index (χ0n) is 34.9. The Morgan fingerprint density at radius 2 is 1.33 bits per heavy atom. The van der Waals surface area contributed by atoms with E-state index in [1.54, 1.807) is 58.0 Å². The molecule has 6 aromatic rings. The molecule has 0 saturated carbocycles. The Bertz CT molecular complexity index is 2840. The average Bonchev–Trinajstić information content (AvgIpc) is 4.08. The number of carbonyl (C=O) groups excluding carboxylic acids is 3. The van der Waals surface area contributed by atoms with Crippen molar-refractivity contribution in [1.82, 2.24) is 40.4 Å². The molecule has 19 heteroatoms. The Kier molecular flexibility index (Phi) is 11.4. The largest absolute Gasteiger partial charge is 0.465 e. The van der Waals surface area contributed by atoms with Crippen LogP contribution >= 0.6 is 0 Å². The van der Waals surface area contributed by atoms with Crippen LogP contribution in [0.25, 0.3) is 55.2 Å². The first-order valence-corrected chi connectivity index (χ1v) is 20.5. The predicted molar refractivity (Wildman–Crippen MR) is 225 cm³/mol. The van der Waals surface area contributed by atoms with Crippen molar-refractivity contribution in [1.29, 1.82) is 0 Å². The van der Waals surface area contributed by atoms with Crippen LogP contribution in [-0.4, -0.2) is 103 Å². The van der Waals surface area contributed by atoms with Gasteiger partial charge in [-0.1, -0.05) is 39.8 Å². The summed E-state index contributed by atoms with van der Waals surface area (Å²) < 4.78 is 56.6. The molecule has 8 rings (SSSR count). The minimum atomic E-state index is -1.37. The second-order valence-electron chi connectivity index (χ2n) is 16.7. The summed E-state index contributed by atoms with van der Waals surface area (Å²) in [5.41, 5.74) is 1.41. The molecule has 6 atom stereocenters. The summed E-state index contributed by atoms with van der Waals surface area (Å²) >= 11 is 0. The number of imidazole rings is 2. The third kappa shape index (κ3) is 8.02. The average molecular weight is 871 g/mol. The molecule has 0 aliphatic carbocycles. The first-order valence-electron chi connectivity index (χ1n) is 20.5. The number of H-pyrrole nitrogens is 2. The number of halogens is 3. The maximum absolute atomic E-state index is 16.2. The fraction of sp³-hybridized carbons (Fsp3) is 0.386. The summed E-state index contributed by atoms with van der Waals surface area (Å²) in [7, 11) is 1.19. The number of aromatic nitrogens is 4. The van der Waals surface area contributed by atoms with Gasteiger partial charge >= 0.3 is 12.2 Å². The second-order valence-corrected chi connectivity index (χ2v) is 16.7. The lowest BCUT2D eigenvalue weighted by Gasteiger charge is -2.29. The minimum absolute atomic E-state index is 0.0176. The quantitative estimate of drug-likeness (QED) is 0.0897. The summed E-state index contributed by atoms with van der Waals surface area (Å²) in [6, 6.07) is 7.56. The van der Waals surface area contributed by atoms with E-state index in [2.05, 4.69) is 35.3 Å². The van der Waals surface area contributed by atoms with Crippen molar-refractivity contribution >= 4 is 56.7 Å². The number of ether oxygens (including phenoxy) is 1. The zero-order valence-corrected chi connectivity index (χ0v) is 34.9. The molecule has 2 fully saturated rings. The molecule has 16 nitrogen and oxygen atoms in total. The molecule has 5 heterocycles. The van der Waals surface area contributed by atoms with Crippen LogP contribution in [0.2, 0.25) is 0 Å². The number of alkyl carbamates (subject to hydrolysis) is 1. The van der Waals surface area contributed by atoms with E-state index in [1.165, 1.54) is 41.4 Å². The van der Waals surface area contributed by atoms with Gasteiger partial charge in [0.2, 0.25) is 17.2 Å². The molecule has 0 spiro atoms. The van der Waals surface area contributed by atoms with E-state index >= 15 is 4.39 Å². The maximum atomic E-state index is 16.2. The van der Waals surface area contributed by atoms with Gasteiger partial charge < -0.3 is 44.7 Å².